The molecule has 1 aromatic heterocycles. The molecule has 0 spiro atoms. The number of nitriles is 1. The van der Waals surface area contributed by atoms with Crippen LogP contribution in [0.3, 0.4) is 0 Å². The largest absolute Gasteiger partial charge is 0.308 e. The Balaban J connectivity index is 2.03. The molecule has 20 heavy (non-hydrogen) atoms. The highest BCUT2D eigenvalue weighted by Gasteiger charge is 2.24. The molecule has 0 saturated heterocycles. The summed E-state index contributed by atoms with van der Waals surface area (Å²) in [7, 11) is 0. The van der Waals surface area contributed by atoms with E-state index in [1.54, 1.807) is 11.0 Å². The van der Waals surface area contributed by atoms with Crippen molar-refractivity contribution in [1.29, 1.82) is 5.26 Å². The lowest BCUT2D eigenvalue weighted by atomic mass is 10.0. The summed E-state index contributed by atoms with van der Waals surface area (Å²) >= 11 is 0. The van der Waals surface area contributed by atoms with Crippen molar-refractivity contribution in [3.8, 4) is 6.07 Å². The minimum absolute atomic E-state index is 0.151. The van der Waals surface area contributed by atoms with Gasteiger partial charge in [0, 0.05) is 24.6 Å². The van der Waals surface area contributed by atoms with Crippen molar-refractivity contribution in [2.75, 3.05) is 11.4 Å². The molecule has 1 aromatic carbocycles. The molecule has 1 aliphatic heterocycles. The Morgan fingerprint density at radius 2 is 2.15 bits per heavy atom. The maximum Gasteiger partial charge on any atom is 0.261 e. The van der Waals surface area contributed by atoms with E-state index in [4.69, 9.17) is 5.26 Å². The summed E-state index contributed by atoms with van der Waals surface area (Å²) in [5.74, 6) is -0.151. The second-order valence-electron chi connectivity index (χ2n) is 4.72. The van der Waals surface area contributed by atoms with E-state index < -0.39 is 0 Å². The van der Waals surface area contributed by atoms with Crippen molar-refractivity contribution < 1.29 is 4.79 Å². The molecule has 0 radical (unpaired) electrons. The Bertz CT molecular complexity index is 703. The third-order valence-corrected chi connectivity index (χ3v) is 3.53. The van der Waals surface area contributed by atoms with Gasteiger partial charge in [-0.25, -0.2) is 0 Å². The molecule has 0 N–H and O–H groups in total. The van der Waals surface area contributed by atoms with E-state index in [9.17, 15) is 4.79 Å². The number of aromatic nitrogens is 1. The number of rotatable bonds is 1. The van der Waals surface area contributed by atoms with E-state index >= 15 is 0 Å². The topological polar surface area (TPSA) is 57.0 Å². The number of pyridine rings is 1. The summed E-state index contributed by atoms with van der Waals surface area (Å²) in [5, 5.41) is 9.11. The van der Waals surface area contributed by atoms with Crippen LogP contribution in [0, 0.1) is 11.3 Å². The Labute approximate surface area is 117 Å². The number of aryl methyl sites for hydroxylation is 1. The molecule has 2 aromatic rings. The molecule has 0 bridgehead atoms. The average Bonchev–Trinajstić information content (AvgIpc) is 2.53. The van der Waals surface area contributed by atoms with E-state index in [2.05, 4.69) is 11.1 Å². The fourth-order valence-corrected chi connectivity index (χ4v) is 2.55. The molecule has 0 saturated carbocycles. The molecule has 0 fully saturated rings. The van der Waals surface area contributed by atoms with Gasteiger partial charge in [0.25, 0.3) is 5.91 Å². The lowest BCUT2D eigenvalue weighted by molar-refractivity contribution is 0.0984. The third-order valence-electron chi connectivity index (χ3n) is 3.53. The van der Waals surface area contributed by atoms with Crippen LogP contribution in [0.25, 0.3) is 0 Å². The molecule has 0 unspecified atom stereocenters. The summed E-state index contributed by atoms with van der Waals surface area (Å²) in [6, 6.07) is 11.5. The number of nitrogens with zero attached hydrogens (tertiary/aromatic N) is 3. The molecule has 98 valence electrons. The van der Waals surface area contributed by atoms with Gasteiger partial charge in [0.1, 0.15) is 6.07 Å². The second kappa shape index (κ2) is 5.14. The fourth-order valence-electron chi connectivity index (χ4n) is 2.55. The van der Waals surface area contributed by atoms with Crippen LogP contribution in [-0.4, -0.2) is 17.4 Å². The van der Waals surface area contributed by atoms with Gasteiger partial charge in [-0.2, -0.15) is 5.26 Å². The zero-order valence-electron chi connectivity index (χ0n) is 10.9. The standard InChI is InChI=1S/C16H13N3O/c17-10-13-7-8-18-11-14(13)16(20)19-9-3-5-12-4-1-2-6-15(12)19/h1-2,4,6-8,11H,3,5,9H2. The number of hydrogen-bond donors (Lipinski definition) is 0. The maximum atomic E-state index is 12.7. The number of para-hydroxylation sites is 1. The zero-order valence-corrected chi connectivity index (χ0v) is 10.9. The number of anilines is 1. The summed E-state index contributed by atoms with van der Waals surface area (Å²) < 4.78 is 0. The van der Waals surface area contributed by atoms with Crippen LogP contribution in [0.1, 0.15) is 27.9 Å². The molecule has 0 atom stereocenters. The average molecular weight is 263 g/mol. The molecule has 2 heterocycles. The number of fused-ring (bicyclic) bond motifs is 1. The van der Waals surface area contributed by atoms with E-state index in [1.165, 1.54) is 18.0 Å². The van der Waals surface area contributed by atoms with Gasteiger partial charge in [0.15, 0.2) is 0 Å². The molecule has 4 nitrogen and oxygen atoms in total. The van der Waals surface area contributed by atoms with Gasteiger partial charge in [-0.3, -0.25) is 9.78 Å². The van der Waals surface area contributed by atoms with Crippen molar-refractivity contribution in [2.45, 2.75) is 12.8 Å². The third kappa shape index (κ3) is 2.04. The van der Waals surface area contributed by atoms with Gasteiger partial charge in [-0.15, -0.1) is 0 Å². The normalized spacial score (nSPS) is 13.4. The molecule has 4 heteroatoms. The van der Waals surface area contributed by atoms with Crippen LogP contribution in [0.5, 0.6) is 0 Å². The van der Waals surface area contributed by atoms with Gasteiger partial charge < -0.3 is 4.90 Å². The Hall–Kier alpha value is -2.67. The minimum Gasteiger partial charge on any atom is -0.308 e. The van der Waals surface area contributed by atoms with Crippen LogP contribution in [0.4, 0.5) is 5.69 Å². The zero-order chi connectivity index (χ0) is 13.9. The van der Waals surface area contributed by atoms with Crippen LogP contribution in [0.15, 0.2) is 42.7 Å². The summed E-state index contributed by atoms with van der Waals surface area (Å²) in [5.41, 5.74) is 2.85. The van der Waals surface area contributed by atoms with E-state index in [0.29, 0.717) is 17.7 Å². The number of hydrogen-bond acceptors (Lipinski definition) is 3. The molecule has 1 amide bonds. The first-order valence-corrected chi connectivity index (χ1v) is 6.55. The molecular formula is C16H13N3O. The van der Waals surface area contributed by atoms with Gasteiger partial charge in [-0.05, 0) is 30.5 Å². The van der Waals surface area contributed by atoms with Gasteiger partial charge >= 0.3 is 0 Å². The van der Waals surface area contributed by atoms with Crippen molar-refractivity contribution in [2.24, 2.45) is 0 Å². The van der Waals surface area contributed by atoms with E-state index in [0.717, 1.165) is 18.5 Å². The number of carbonyl (C=O) groups excluding carboxylic acids is 1. The fraction of sp³-hybridized carbons (Fsp3) is 0.188. The first-order valence-electron chi connectivity index (χ1n) is 6.55. The molecule has 0 aliphatic carbocycles. The predicted molar refractivity (Wildman–Crippen MR) is 75.4 cm³/mol. The summed E-state index contributed by atoms with van der Waals surface area (Å²) in [6.45, 7) is 0.676. The lowest BCUT2D eigenvalue weighted by Gasteiger charge is -2.29. The van der Waals surface area contributed by atoms with E-state index in [1.807, 2.05) is 24.3 Å². The highest BCUT2D eigenvalue weighted by Crippen LogP contribution is 2.28. The smallest absolute Gasteiger partial charge is 0.261 e. The van der Waals surface area contributed by atoms with Crippen molar-refractivity contribution >= 4 is 11.6 Å². The second-order valence-corrected chi connectivity index (χ2v) is 4.72. The summed E-state index contributed by atoms with van der Waals surface area (Å²) in [4.78, 5) is 18.4. The highest BCUT2D eigenvalue weighted by molar-refractivity contribution is 6.08. The lowest BCUT2D eigenvalue weighted by Crippen LogP contribution is -2.35. The van der Waals surface area contributed by atoms with Gasteiger partial charge in [-0.1, -0.05) is 18.2 Å². The van der Waals surface area contributed by atoms with Crippen LogP contribution >= 0.6 is 0 Å². The quantitative estimate of drug-likeness (QED) is 0.794. The number of amides is 1. The SMILES string of the molecule is N#Cc1ccncc1C(=O)N1CCCc2ccccc21. The maximum absolute atomic E-state index is 12.7. The van der Waals surface area contributed by atoms with Crippen LogP contribution < -0.4 is 4.90 Å². The first kappa shape index (κ1) is 12.4. The predicted octanol–water partition coefficient (Wildman–Crippen LogP) is 2.55. The molecular weight excluding hydrogens is 250 g/mol. The monoisotopic (exact) mass is 263 g/mol. The number of carbonyl (C=O) groups is 1. The minimum atomic E-state index is -0.151. The van der Waals surface area contributed by atoms with Crippen molar-refractivity contribution in [3.63, 3.8) is 0 Å². The van der Waals surface area contributed by atoms with Crippen LogP contribution in [0.2, 0.25) is 0 Å². The summed E-state index contributed by atoms with van der Waals surface area (Å²) in [6.07, 6.45) is 4.92. The number of benzene rings is 1. The van der Waals surface area contributed by atoms with E-state index in [-0.39, 0.29) is 5.91 Å². The Morgan fingerprint density at radius 3 is 3.00 bits per heavy atom. The Morgan fingerprint density at radius 1 is 1.30 bits per heavy atom. The van der Waals surface area contributed by atoms with Gasteiger partial charge in [0.2, 0.25) is 0 Å². The highest BCUT2D eigenvalue weighted by atomic mass is 16.2. The van der Waals surface area contributed by atoms with Crippen molar-refractivity contribution in [3.05, 3.63) is 59.4 Å². The van der Waals surface area contributed by atoms with Crippen molar-refractivity contribution in [1.82, 2.24) is 4.98 Å². The molecule has 3 rings (SSSR count). The van der Waals surface area contributed by atoms with Crippen LogP contribution in [-0.2, 0) is 6.42 Å². The molecule has 1 aliphatic rings. The van der Waals surface area contributed by atoms with Gasteiger partial charge in [0.05, 0.1) is 11.1 Å². The Kier molecular flexibility index (Phi) is 3.18. The first-order chi connectivity index (χ1) is 9.81.